The lowest BCUT2D eigenvalue weighted by Gasteiger charge is -2.21. The standard InChI is InChI=1S/C26H30N6OS2.ClH/c1-16-22(33-15-27-16)24-29-30-25(31(24)4)34-10-6-9-32-13-21-12-26(21,14-32)20-8-5-7-19(11-20)23-17(2)28-18(3)35-23;/h5,7-8,11,15,21H,6,9-10,12-14H2,1-4H3;1H. The molecule has 2 unspecified atom stereocenters. The molecule has 10 heteroatoms. The van der Waals surface area contributed by atoms with Gasteiger partial charge >= 0.3 is 0 Å². The molecule has 3 aromatic heterocycles. The summed E-state index contributed by atoms with van der Waals surface area (Å²) in [6, 6.07) is 9.25. The van der Waals surface area contributed by atoms with Crippen LogP contribution in [0, 0.1) is 26.7 Å². The number of hydrogen-bond acceptors (Lipinski definition) is 8. The number of likely N-dealkylation sites (tertiary alicyclic amines) is 1. The molecule has 1 saturated heterocycles. The van der Waals surface area contributed by atoms with Crippen LogP contribution in [0.2, 0.25) is 0 Å². The maximum atomic E-state index is 5.48. The van der Waals surface area contributed by atoms with E-state index in [1.54, 1.807) is 23.1 Å². The van der Waals surface area contributed by atoms with Gasteiger partial charge < -0.3 is 13.9 Å². The smallest absolute Gasteiger partial charge is 0.202 e. The van der Waals surface area contributed by atoms with Crippen molar-refractivity contribution in [3.63, 3.8) is 0 Å². The minimum atomic E-state index is 0. The maximum Gasteiger partial charge on any atom is 0.202 e. The third kappa shape index (κ3) is 4.51. The summed E-state index contributed by atoms with van der Waals surface area (Å²) in [4.78, 5) is 12.8. The lowest BCUT2D eigenvalue weighted by Crippen LogP contribution is -2.27. The van der Waals surface area contributed by atoms with Gasteiger partial charge in [0.05, 0.1) is 21.3 Å². The zero-order valence-corrected chi connectivity index (χ0v) is 23.5. The third-order valence-electron chi connectivity index (χ3n) is 7.45. The fourth-order valence-electron chi connectivity index (χ4n) is 5.58. The second-order valence-electron chi connectivity index (χ2n) is 9.85. The molecule has 1 aliphatic carbocycles. The molecule has 0 bridgehead atoms. The number of rotatable bonds is 8. The number of piperidine rings is 1. The van der Waals surface area contributed by atoms with Gasteiger partial charge in [0, 0.05) is 31.3 Å². The monoisotopic (exact) mass is 542 g/mol. The van der Waals surface area contributed by atoms with Crippen LogP contribution >= 0.6 is 35.5 Å². The summed E-state index contributed by atoms with van der Waals surface area (Å²) in [6.45, 7) is 9.65. The molecule has 0 N–H and O–H groups in total. The highest BCUT2D eigenvalue weighted by molar-refractivity contribution is 7.99. The van der Waals surface area contributed by atoms with Crippen molar-refractivity contribution in [3.05, 3.63) is 52.6 Å². The number of thioether (sulfide) groups is 1. The molecule has 0 spiro atoms. The van der Waals surface area contributed by atoms with Crippen molar-refractivity contribution in [2.75, 3.05) is 25.4 Å². The summed E-state index contributed by atoms with van der Waals surface area (Å²) in [7, 11) is 1.99. The molecule has 190 valence electrons. The predicted octanol–water partition coefficient (Wildman–Crippen LogP) is 5.70. The molecule has 6 rings (SSSR count). The molecule has 1 saturated carbocycles. The van der Waals surface area contributed by atoms with Crippen molar-refractivity contribution >= 4 is 35.5 Å². The average Bonchev–Trinajstić information content (AvgIpc) is 3.25. The molecule has 0 amide bonds. The van der Waals surface area contributed by atoms with Gasteiger partial charge in [0.25, 0.3) is 0 Å². The Balaban J connectivity index is 0.00000267. The van der Waals surface area contributed by atoms with Gasteiger partial charge in [0.2, 0.25) is 5.82 Å². The molecule has 2 fully saturated rings. The predicted molar refractivity (Wildman–Crippen MR) is 147 cm³/mol. The zero-order valence-electron chi connectivity index (χ0n) is 21.0. The van der Waals surface area contributed by atoms with Gasteiger partial charge in [-0.25, -0.2) is 9.97 Å². The van der Waals surface area contributed by atoms with E-state index in [0.29, 0.717) is 11.2 Å². The summed E-state index contributed by atoms with van der Waals surface area (Å²) < 4.78 is 7.48. The van der Waals surface area contributed by atoms with E-state index in [2.05, 4.69) is 63.2 Å². The molecular formula is C26H31ClN6OS2. The Hall–Kier alpha value is -2.20. The first kappa shape index (κ1) is 25.4. The molecular weight excluding hydrogens is 512 g/mol. The first-order valence-electron chi connectivity index (χ1n) is 12.1. The molecule has 7 nitrogen and oxygen atoms in total. The number of aryl methyl sites for hydroxylation is 3. The Bertz CT molecular complexity index is 1380. The number of nitrogens with zero attached hydrogens (tertiary/aromatic N) is 6. The van der Waals surface area contributed by atoms with Crippen LogP contribution in [0.25, 0.3) is 22.0 Å². The maximum absolute atomic E-state index is 5.48. The van der Waals surface area contributed by atoms with Crippen molar-refractivity contribution in [2.24, 2.45) is 13.0 Å². The fourth-order valence-corrected chi connectivity index (χ4v) is 7.33. The Morgan fingerprint density at radius 3 is 2.81 bits per heavy atom. The first-order chi connectivity index (χ1) is 16.9. The van der Waals surface area contributed by atoms with Crippen LogP contribution in [-0.2, 0) is 12.5 Å². The number of fused-ring (bicyclic) bond motifs is 1. The van der Waals surface area contributed by atoms with Crippen LogP contribution in [0.5, 0.6) is 0 Å². The highest BCUT2D eigenvalue weighted by Crippen LogP contribution is 2.59. The van der Waals surface area contributed by atoms with E-state index >= 15 is 0 Å². The zero-order chi connectivity index (χ0) is 24.2. The quantitative estimate of drug-likeness (QED) is 0.209. The highest BCUT2D eigenvalue weighted by atomic mass is 35.5. The van der Waals surface area contributed by atoms with Crippen LogP contribution in [0.15, 0.2) is 40.2 Å². The van der Waals surface area contributed by atoms with Crippen LogP contribution < -0.4 is 0 Å². The van der Waals surface area contributed by atoms with E-state index in [0.717, 1.165) is 52.0 Å². The van der Waals surface area contributed by atoms with Gasteiger partial charge in [-0.2, -0.15) is 0 Å². The van der Waals surface area contributed by atoms with Gasteiger partial charge in [0.1, 0.15) is 0 Å². The second kappa shape index (κ2) is 9.93. The molecule has 4 heterocycles. The van der Waals surface area contributed by atoms with Crippen molar-refractivity contribution in [1.82, 2.24) is 29.6 Å². The number of hydrogen-bond donors (Lipinski definition) is 0. The number of halogens is 1. The summed E-state index contributed by atoms with van der Waals surface area (Å²) in [5.41, 5.74) is 5.16. The van der Waals surface area contributed by atoms with Crippen LogP contribution in [0.4, 0.5) is 0 Å². The van der Waals surface area contributed by atoms with Crippen molar-refractivity contribution in [3.8, 4) is 22.0 Å². The first-order valence-corrected chi connectivity index (χ1v) is 13.9. The summed E-state index contributed by atoms with van der Waals surface area (Å²) in [6.07, 6.45) is 3.92. The van der Waals surface area contributed by atoms with E-state index in [1.165, 1.54) is 41.9 Å². The Morgan fingerprint density at radius 2 is 2.06 bits per heavy atom. The lowest BCUT2D eigenvalue weighted by molar-refractivity contribution is 0.299. The number of aromatic nitrogens is 5. The number of benzene rings is 1. The van der Waals surface area contributed by atoms with Gasteiger partial charge in [0.15, 0.2) is 17.3 Å². The summed E-state index contributed by atoms with van der Waals surface area (Å²) in [5.74, 6) is 3.24. The van der Waals surface area contributed by atoms with Gasteiger partial charge in [-0.05, 0) is 63.3 Å². The Morgan fingerprint density at radius 1 is 1.19 bits per heavy atom. The van der Waals surface area contributed by atoms with Crippen molar-refractivity contribution < 1.29 is 4.42 Å². The second-order valence-corrected chi connectivity index (χ2v) is 12.1. The van der Waals surface area contributed by atoms with Gasteiger partial charge in [-0.3, -0.25) is 0 Å². The van der Waals surface area contributed by atoms with Gasteiger partial charge in [-0.1, -0.05) is 30.0 Å². The van der Waals surface area contributed by atoms with E-state index in [9.17, 15) is 0 Å². The van der Waals surface area contributed by atoms with Crippen molar-refractivity contribution in [2.45, 2.75) is 44.2 Å². The largest absolute Gasteiger partial charge is 0.440 e. The topological polar surface area (TPSA) is 72.9 Å². The number of oxazole rings is 1. The summed E-state index contributed by atoms with van der Waals surface area (Å²) in [5, 5.41) is 10.7. The Kier molecular flexibility index (Phi) is 7.02. The average molecular weight is 543 g/mol. The lowest BCUT2D eigenvalue weighted by atomic mass is 9.93. The number of thiazole rings is 1. The van der Waals surface area contributed by atoms with Crippen molar-refractivity contribution in [1.29, 1.82) is 0 Å². The normalized spacial score (nSPS) is 20.9. The van der Waals surface area contributed by atoms with Crippen LogP contribution in [-0.4, -0.2) is 55.0 Å². The minimum Gasteiger partial charge on any atom is -0.440 e. The molecule has 2 atom stereocenters. The van der Waals surface area contributed by atoms with Gasteiger partial charge in [-0.15, -0.1) is 33.9 Å². The van der Waals surface area contributed by atoms with E-state index < -0.39 is 0 Å². The molecule has 0 radical (unpaired) electrons. The molecule has 4 aromatic rings. The third-order valence-corrected chi connectivity index (χ3v) is 9.68. The van der Waals surface area contributed by atoms with E-state index in [-0.39, 0.29) is 12.4 Å². The molecule has 1 aromatic carbocycles. The van der Waals surface area contributed by atoms with Crippen LogP contribution in [0.3, 0.4) is 0 Å². The van der Waals surface area contributed by atoms with Crippen LogP contribution in [0.1, 0.15) is 34.8 Å². The van der Waals surface area contributed by atoms with E-state index in [4.69, 9.17) is 4.42 Å². The molecule has 2 aliphatic rings. The SMILES string of the molecule is Cc1nc(C)c(-c2cccc(C34CC3CN(CCCSc3nnc(-c5ocnc5C)n3C)C4)c2)s1.Cl. The van der Waals surface area contributed by atoms with E-state index in [1.807, 2.05) is 18.5 Å². The molecule has 1 aliphatic heterocycles. The highest BCUT2D eigenvalue weighted by Gasteiger charge is 2.60. The summed E-state index contributed by atoms with van der Waals surface area (Å²) >= 11 is 3.56. The Labute approximate surface area is 226 Å². The minimum absolute atomic E-state index is 0. The molecule has 36 heavy (non-hydrogen) atoms. The fraction of sp³-hybridized carbons (Fsp3) is 0.462.